The summed E-state index contributed by atoms with van der Waals surface area (Å²) in [5, 5.41) is 10.5. The second kappa shape index (κ2) is 5.17. The number of carbonyl (C=O) groups excluding carboxylic acids is 1. The molecule has 19 heavy (non-hydrogen) atoms. The zero-order valence-electron chi connectivity index (χ0n) is 11.0. The van der Waals surface area contributed by atoms with Crippen molar-refractivity contribution in [1.29, 1.82) is 0 Å². The van der Waals surface area contributed by atoms with Crippen LogP contribution in [0, 0.1) is 12.7 Å². The lowest BCUT2D eigenvalue weighted by Crippen LogP contribution is -2.29. The maximum Gasteiger partial charge on any atom is 0.252 e. The van der Waals surface area contributed by atoms with Crippen LogP contribution in [0.1, 0.15) is 34.7 Å². The summed E-state index contributed by atoms with van der Waals surface area (Å²) in [6, 6.07) is 3.81. The molecule has 1 aromatic heterocycles. The van der Waals surface area contributed by atoms with Crippen molar-refractivity contribution in [1.82, 2.24) is 20.1 Å². The number of nitrogens with one attached hydrogen (secondary N) is 1. The lowest BCUT2D eigenvalue weighted by Gasteiger charge is -2.14. The SMILES string of the molecule is Cc1cc(F)ccc1C(=O)NC(C)c1nncn1C. The summed E-state index contributed by atoms with van der Waals surface area (Å²) in [6.07, 6.45) is 1.57. The first-order valence-corrected chi connectivity index (χ1v) is 5.90. The van der Waals surface area contributed by atoms with E-state index in [0.29, 0.717) is 17.0 Å². The fraction of sp³-hybridized carbons (Fsp3) is 0.308. The van der Waals surface area contributed by atoms with Gasteiger partial charge in [-0.15, -0.1) is 10.2 Å². The van der Waals surface area contributed by atoms with E-state index in [9.17, 15) is 9.18 Å². The summed E-state index contributed by atoms with van der Waals surface area (Å²) >= 11 is 0. The van der Waals surface area contributed by atoms with Crippen LogP contribution in [-0.4, -0.2) is 20.7 Å². The maximum absolute atomic E-state index is 13.0. The summed E-state index contributed by atoms with van der Waals surface area (Å²) < 4.78 is 14.7. The number of nitrogens with zero attached hydrogens (tertiary/aromatic N) is 3. The van der Waals surface area contributed by atoms with Crippen LogP contribution in [0.2, 0.25) is 0 Å². The average molecular weight is 262 g/mol. The van der Waals surface area contributed by atoms with Crippen molar-refractivity contribution < 1.29 is 9.18 Å². The predicted octanol–water partition coefficient (Wildman–Crippen LogP) is 1.75. The molecule has 0 aliphatic rings. The molecule has 0 fully saturated rings. The van der Waals surface area contributed by atoms with Gasteiger partial charge in [-0.25, -0.2) is 4.39 Å². The number of aryl methyl sites for hydroxylation is 2. The molecule has 1 aromatic carbocycles. The predicted molar refractivity (Wildman–Crippen MR) is 68.0 cm³/mol. The van der Waals surface area contributed by atoms with E-state index in [2.05, 4.69) is 15.5 Å². The Bertz CT molecular complexity index is 608. The number of hydrogen-bond acceptors (Lipinski definition) is 3. The highest BCUT2D eigenvalue weighted by Gasteiger charge is 2.16. The molecule has 1 unspecified atom stereocenters. The molecular weight excluding hydrogens is 247 g/mol. The van der Waals surface area contributed by atoms with Gasteiger partial charge in [0.2, 0.25) is 0 Å². The fourth-order valence-corrected chi connectivity index (χ4v) is 1.90. The number of halogens is 1. The van der Waals surface area contributed by atoms with Crippen molar-refractivity contribution in [3.05, 3.63) is 47.3 Å². The molecule has 0 radical (unpaired) electrons. The van der Waals surface area contributed by atoms with Gasteiger partial charge in [-0.05, 0) is 37.6 Å². The molecule has 0 saturated heterocycles. The molecule has 2 aromatic rings. The van der Waals surface area contributed by atoms with Crippen molar-refractivity contribution in [2.24, 2.45) is 7.05 Å². The van der Waals surface area contributed by atoms with Gasteiger partial charge < -0.3 is 9.88 Å². The monoisotopic (exact) mass is 262 g/mol. The van der Waals surface area contributed by atoms with E-state index in [0.717, 1.165) is 0 Å². The molecule has 0 aliphatic carbocycles. The van der Waals surface area contributed by atoms with Gasteiger partial charge in [-0.3, -0.25) is 4.79 Å². The number of aromatic nitrogens is 3. The number of rotatable bonds is 3. The minimum absolute atomic E-state index is 0.256. The van der Waals surface area contributed by atoms with Crippen molar-refractivity contribution in [2.45, 2.75) is 19.9 Å². The first kappa shape index (κ1) is 13.2. The third-order valence-electron chi connectivity index (χ3n) is 2.91. The summed E-state index contributed by atoms with van der Waals surface area (Å²) in [7, 11) is 1.81. The zero-order valence-corrected chi connectivity index (χ0v) is 11.0. The quantitative estimate of drug-likeness (QED) is 0.916. The highest BCUT2D eigenvalue weighted by atomic mass is 19.1. The highest BCUT2D eigenvalue weighted by Crippen LogP contribution is 2.13. The van der Waals surface area contributed by atoms with E-state index < -0.39 is 0 Å². The minimum atomic E-state index is -0.351. The van der Waals surface area contributed by atoms with Crippen LogP contribution in [0.4, 0.5) is 4.39 Å². The molecular formula is C13H15FN4O. The van der Waals surface area contributed by atoms with E-state index >= 15 is 0 Å². The highest BCUT2D eigenvalue weighted by molar-refractivity contribution is 5.95. The van der Waals surface area contributed by atoms with Crippen LogP contribution in [-0.2, 0) is 7.05 Å². The van der Waals surface area contributed by atoms with Crippen molar-refractivity contribution in [3.8, 4) is 0 Å². The number of benzene rings is 1. The third kappa shape index (κ3) is 2.78. The Labute approximate surface area is 110 Å². The molecule has 100 valence electrons. The Kier molecular flexibility index (Phi) is 3.59. The number of carbonyl (C=O) groups is 1. The van der Waals surface area contributed by atoms with E-state index in [1.54, 1.807) is 24.9 Å². The lowest BCUT2D eigenvalue weighted by molar-refractivity contribution is 0.0937. The molecule has 0 saturated carbocycles. The molecule has 1 amide bonds. The van der Waals surface area contributed by atoms with Crippen molar-refractivity contribution in [3.63, 3.8) is 0 Å². The van der Waals surface area contributed by atoms with Crippen molar-refractivity contribution >= 4 is 5.91 Å². The van der Waals surface area contributed by atoms with Gasteiger partial charge in [-0.1, -0.05) is 0 Å². The lowest BCUT2D eigenvalue weighted by atomic mass is 10.1. The Morgan fingerprint density at radius 2 is 2.21 bits per heavy atom. The molecule has 0 spiro atoms. The fourth-order valence-electron chi connectivity index (χ4n) is 1.90. The Morgan fingerprint density at radius 3 is 2.79 bits per heavy atom. The molecule has 1 atom stereocenters. The number of amides is 1. The Balaban J connectivity index is 2.15. The molecule has 0 bridgehead atoms. The average Bonchev–Trinajstić information content (AvgIpc) is 2.75. The maximum atomic E-state index is 13.0. The number of hydrogen-bond donors (Lipinski definition) is 1. The third-order valence-corrected chi connectivity index (χ3v) is 2.91. The topological polar surface area (TPSA) is 59.8 Å². The van der Waals surface area contributed by atoms with E-state index in [1.807, 2.05) is 6.92 Å². The smallest absolute Gasteiger partial charge is 0.252 e. The van der Waals surface area contributed by atoms with Gasteiger partial charge in [0.1, 0.15) is 12.1 Å². The van der Waals surface area contributed by atoms with E-state index in [4.69, 9.17) is 0 Å². The largest absolute Gasteiger partial charge is 0.342 e. The van der Waals surface area contributed by atoms with Crippen LogP contribution < -0.4 is 5.32 Å². The van der Waals surface area contributed by atoms with E-state index in [1.165, 1.54) is 18.2 Å². The van der Waals surface area contributed by atoms with Crippen LogP contribution in [0.5, 0.6) is 0 Å². The molecule has 0 aliphatic heterocycles. The van der Waals surface area contributed by atoms with Crippen LogP contribution in [0.15, 0.2) is 24.5 Å². The van der Waals surface area contributed by atoms with E-state index in [-0.39, 0.29) is 17.8 Å². The van der Waals surface area contributed by atoms with Gasteiger partial charge >= 0.3 is 0 Å². The van der Waals surface area contributed by atoms with Crippen LogP contribution >= 0.6 is 0 Å². The summed E-state index contributed by atoms with van der Waals surface area (Å²) in [5.74, 6) is 0.0523. The summed E-state index contributed by atoms with van der Waals surface area (Å²) in [4.78, 5) is 12.1. The van der Waals surface area contributed by atoms with Gasteiger partial charge in [0.05, 0.1) is 6.04 Å². The summed E-state index contributed by atoms with van der Waals surface area (Å²) in [6.45, 7) is 3.52. The van der Waals surface area contributed by atoms with Gasteiger partial charge in [0.15, 0.2) is 5.82 Å². The molecule has 6 heteroatoms. The van der Waals surface area contributed by atoms with Gasteiger partial charge in [0.25, 0.3) is 5.91 Å². The van der Waals surface area contributed by atoms with Gasteiger partial charge in [0, 0.05) is 12.6 Å². The van der Waals surface area contributed by atoms with Gasteiger partial charge in [-0.2, -0.15) is 0 Å². The normalized spacial score (nSPS) is 12.2. The van der Waals surface area contributed by atoms with Crippen LogP contribution in [0.3, 0.4) is 0 Å². The first-order chi connectivity index (χ1) is 8.99. The summed E-state index contributed by atoms with van der Waals surface area (Å²) in [5.41, 5.74) is 1.05. The molecule has 2 rings (SSSR count). The molecule has 5 nitrogen and oxygen atoms in total. The Hall–Kier alpha value is -2.24. The van der Waals surface area contributed by atoms with Crippen molar-refractivity contribution in [2.75, 3.05) is 0 Å². The Morgan fingerprint density at radius 1 is 1.47 bits per heavy atom. The molecule has 1 heterocycles. The van der Waals surface area contributed by atoms with Crippen LogP contribution in [0.25, 0.3) is 0 Å². The zero-order chi connectivity index (χ0) is 14.0. The minimum Gasteiger partial charge on any atom is -0.342 e. The first-order valence-electron chi connectivity index (χ1n) is 5.90. The standard InChI is InChI=1S/C13H15FN4O/c1-8-6-10(14)4-5-11(8)13(19)16-9(2)12-17-15-7-18(12)3/h4-7,9H,1-3H3,(H,16,19). The second-order valence-electron chi connectivity index (χ2n) is 4.45. The second-order valence-corrected chi connectivity index (χ2v) is 4.45. The molecule has 1 N–H and O–H groups in total.